The molecule has 3 saturated heterocycles. The van der Waals surface area contributed by atoms with Gasteiger partial charge in [0.15, 0.2) is 9.84 Å². The van der Waals surface area contributed by atoms with Gasteiger partial charge in [0.25, 0.3) is 0 Å². The monoisotopic (exact) mass is 1950 g/mol. The Balaban J connectivity index is 0.000000142. The van der Waals surface area contributed by atoms with Crippen molar-refractivity contribution in [3.63, 3.8) is 0 Å². The molecule has 0 radical (unpaired) electrons. The van der Waals surface area contributed by atoms with Crippen molar-refractivity contribution in [3.8, 4) is 138 Å². The largest absolute Gasteiger partial charge is 0.497 e. The van der Waals surface area contributed by atoms with Crippen molar-refractivity contribution in [1.82, 2.24) is 47.3 Å². The standard InChI is InChI=1S/C25H30N4O2.2C24H27N3O3.C22H25N3O2.C19H18N2O3S/c1-4-29-24-17-21(30-3)9-10-22(24)23(18-26)25(29)19-5-7-20(8-6-19)31-16-15-28-13-11-27(2)12-14-28;1-3-27-23-16-20(28-2)8-9-21(23)22(17-25)24(27)18-4-6-19(7-5-18)30-15-12-26-10-13-29-14-11-26;1-3-27-23-14-20(29-2)8-9-21(23)22(15-25)24(27)17-4-6-19(7-5-17)30-13-12-26-11-10-18(28)16-26;1-5-25-21-14-18(26-4)10-11-19(21)20(15-23)22(25)16-6-8-17(9-7-16)27-13-12-24(2)3;1-4-21-18-11-14(24-2)7-10-16(18)17(12-20)19(21)13-5-8-15(9-6-13)25(3,22)23/h5-10,17H,4,11-16H2,1-3H3;4-9,16H,3,10-15H2,1-2H3;4-9,14,18,28H,3,10-13,16H2,1-2H3;6-11,14H,5,12-13H2,1-4H3;5-11H,4H2,1-3H3/t;;18-;;/m..0../s1. The summed E-state index contributed by atoms with van der Waals surface area (Å²) in [6.07, 6.45) is 1.81. The minimum atomic E-state index is -3.26. The highest BCUT2D eigenvalue weighted by atomic mass is 32.2. The fourth-order valence-corrected chi connectivity index (χ4v) is 19.5. The van der Waals surface area contributed by atoms with Gasteiger partial charge in [-0.3, -0.25) is 14.7 Å². The molecule has 0 spiro atoms. The Morgan fingerprint density at radius 3 is 0.839 bits per heavy atom. The number of likely N-dealkylation sites (tertiary alicyclic amines) is 1. The Bertz CT molecular complexity index is 7080. The van der Waals surface area contributed by atoms with Crippen molar-refractivity contribution < 1.29 is 60.9 Å². The zero-order chi connectivity index (χ0) is 101. The molecule has 143 heavy (non-hydrogen) atoms. The van der Waals surface area contributed by atoms with E-state index >= 15 is 0 Å². The SMILES string of the molecule is CCn1c(-c2ccc(OCCN(C)C)cc2)c(C#N)c2ccc(OC)cc21.CCn1c(-c2ccc(OCCN3CCN(C)CC3)cc2)c(C#N)c2ccc(OC)cc21.CCn1c(-c2ccc(OCCN3CCOCC3)cc2)c(C#N)c2ccc(OC)cc21.CCn1c(-c2ccc(OCCN3CC[C@H](O)C3)cc2)c(C#N)c2ccc(OC)cc21.CCn1c(-c2ccc(S(C)(=O)=O)cc2)c(C#N)c2ccc(OC)cc21. The number of hydrogen-bond donors (Lipinski definition) is 1. The molecule has 1 atom stereocenters. The number of aliphatic hydroxyl groups excluding tert-OH is 1. The van der Waals surface area contributed by atoms with E-state index in [0.717, 1.165) is 287 Å². The lowest BCUT2D eigenvalue weighted by Gasteiger charge is -2.32. The molecular formula is C114H127N15O13S. The molecule has 3 aliphatic rings. The number of rotatable bonds is 32. The molecule has 0 amide bonds. The van der Waals surface area contributed by atoms with E-state index in [4.69, 9.17) is 47.4 Å². The third kappa shape index (κ3) is 24.2. The number of morpholine rings is 1. The minimum absolute atomic E-state index is 0.205. The number of aryl methyl sites for hydroxylation is 5. The number of nitriles is 5. The zero-order valence-corrected chi connectivity index (χ0v) is 85.0. The third-order valence-corrected chi connectivity index (χ3v) is 27.5. The number of sulfone groups is 1. The first-order valence-electron chi connectivity index (χ1n) is 48.5. The van der Waals surface area contributed by atoms with Gasteiger partial charge >= 0.3 is 0 Å². The summed E-state index contributed by atoms with van der Waals surface area (Å²) in [5, 5.41) is 63.4. The van der Waals surface area contributed by atoms with Crippen LogP contribution < -0.4 is 42.6 Å². The summed E-state index contributed by atoms with van der Waals surface area (Å²) in [5.74, 6) is 7.20. The molecule has 0 aliphatic carbocycles. The summed E-state index contributed by atoms with van der Waals surface area (Å²) in [4.78, 5) is 11.7. The molecule has 15 aromatic rings. The average molecular weight is 1950 g/mol. The highest BCUT2D eigenvalue weighted by molar-refractivity contribution is 7.90. The second-order valence-corrected chi connectivity index (χ2v) is 37.3. The fourth-order valence-electron chi connectivity index (χ4n) is 18.8. The maximum atomic E-state index is 11.7. The van der Waals surface area contributed by atoms with Gasteiger partial charge in [0, 0.05) is 175 Å². The van der Waals surface area contributed by atoms with Crippen molar-refractivity contribution >= 4 is 64.4 Å². The number of aliphatic hydroxyl groups is 1. The van der Waals surface area contributed by atoms with Crippen LogP contribution in [0, 0.1) is 56.7 Å². The van der Waals surface area contributed by atoms with E-state index in [1.54, 1.807) is 59.8 Å². The summed E-state index contributed by atoms with van der Waals surface area (Å²) in [5.41, 5.74) is 17.6. The number of piperazine rings is 1. The van der Waals surface area contributed by atoms with Crippen LogP contribution in [-0.2, 0) is 47.3 Å². The van der Waals surface area contributed by atoms with Crippen molar-refractivity contribution in [2.75, 3.05) is 181 Å². The van der Waals surface area contributed by atoms with Gasteiger partial charge in [0.05, 0.1) is 144 Å². The van der Waals surface area contributed by atoms with E-state index in [-0.39, 0.29) is 11.0 Å². The Labute approximate surface area is 838 Å². The van der Waals surface area contributed by atoms with E-state index < -0.39 is 9.84 Å². The normalized spacial score (nSPS) is 13.9. The lowest BCUT2D eigenvalue weighted by atomic mass is 10.1. The maximum Gasteiger partial charge on any atom is 0.175 e. The number of ether oxygens (including phenoxy) is 10. The summed E-state index contributed by atoms with van der Waals surface area (Å²) in [6.45, 7) is 29.8. The predicted octanol–water partition coefficient (Wildman–Crippen LogP) is 19.2. The molecular weight excluding hydrogens is 1820 g/mol. The van der Waals surface area contributed by atoms with Crippen molar-refractivity contribution in [2.24, 2.45) is 0 Å². The first kappa shape index (κ1) is 104. The molecule has 3 fully saturated rings. The molecule has 3 aliphatic heterocycles. The number of aromatic nitrogens is 5. The summed E-state index contributed by atoms with van der Waals surface area (Å²) in [6, 6.07) is 79.6. The van der Waals surface area contributed by atoms with Crippen LogP contribution in [0.5, 0.6) is 51.7 Å². The maximum absolute atomic E-state index is 11.7. The molecule has 28 nitrogen and oxygen atoms in total. The first-order chi connectivity index (χ1) is 69.5. The van der Waals surface area contributed by atoms with Crippen LogP contribution in [0.2, 0.25) is 0 Å². The van der Waals surface area contributed by atoms with Gasteiger partial charge in [0.1, 0.15) is 109 Å². The predicted molar refractivity (Wildman–Crippen MR) is 563 cm³/mol. The highest BCUT2D eigenvalue weighted by Gasteiger charge is 2.28. The van der Waals surface area contributed by atoms with E-state index in [1.165, 1.54) is 6.26 Å². The first-order valence-corrected chi connectivity index (χ1v) is 50.4. The van der Waals surface area contributed by atoms with Crippen molar-refractivity contribution in [2.45, 2.75) is 84.8 Å². The van der Waals surface area contributed by atoms with E-state index in [1.807, 2.05) is 214 Å². The lowest BCUT2D eigenvalue weighted by Crippen LogP contribution is -2.45. The summed E-state index contributed by atoms with van der Waals surface area (Å²) < 4.78 is 89.8. The van der Waals surface area contributed by atoms with Crippen LogP contribution in [0.25, 0.3) is 111 Å². The molecule has 0 unspecified atom stereocenters. The molecule has 742 valence electrons. The number of benzene rings is 10. The minimum Gasteiger partial charge on any atom is -0.497 e. The van der Waals surface area contributed by atoms with E-state index in [0.29, 0.717) is 60.8 Å². The van der Waals surface area contributed by atoms with Gasteiger partial charge in [-0.05, 0) is 260 Å². The van der Waals surface area contributed by atoms with E-state index in [2.05, 4.69) is 108 Å². The Kier molecular flexibility index (Phi) is 35.7. The second-order valence-electron chi connectivity index (χ2n) is 35.2. The summed E-state index contributed by atoms with van der Waals surface area (Å²) in [7, 11) is 11.2. The fraction of sp³-hybridized carbons (Fsp3) is 0.342. The Morgan fingerprint density at radius 2 is 0.601 bits per heavy atom. The molecule has 0 saturated carbocycles. The van der Waals surface area contributed by atoms with Gasteiger partial charge in [-0.25, -0.2) is 8.42 Å². The van der Waals surface area contributed by atoms with Crippen LogP contribution in [0.1, 0.15) is 68.9 Å². The topological polar surface area (TPSA) is 306 Å². The van der Waals surface area contributed by atoms with E-state index in [9.17, 15) is 39.8 Å². The van der Waals surface area contributed by atoms with Crippen molar-refractivity contribution in [3.05, 3.63) is 240 Å². The van der Waals surface area contributed by atoms with Crippen LogP contribution >= 0.6 is 0 Å². The number of β-amino-alcohol motifs (C(OH)–C–C–N with tert-alkyl or cyclic N) is 1. The lowest BCUT2D eigenvalue weighted by molar-refractivity contribution is 0.0322. The molecule has 8 heterocycles. The van der Waals surface area contributed by atoms with Crippen molar-refractivity contribution in [1.29, 1.82) is 26.3 Å². The van der Waals surface area contributed by atoms with Gasteiger partial charge in [0.2, 0.25) is 0 Å². The molecule has 5 aromatic heterocycles. The second kappa shape index (κ2) is 49.1. The molecule has 29 heteroatoms. The number of nitrogens with zero attached hydrogens (tertiary/aromatic N) is 15. The number of fused-ring (bicyclic) bond motifs is 5. The molecule has 18 rings (SSSR count). The van der Waals surface area contributed by atoms with Crippen LogP contribution in [0.3, 0.4) is 0 Å². The Hall–Kier alpha value is -14.8. The molecule has 1 N–H and O–H groups in total. The average Bonchev–Trinajstić information content (AvgIpc) is 1.63. The highest BCUT2D eigenvalue weighted by Crippen LogP contribution is 2.43. The van der Waals surface area contributed by atoms with Crippen LogP contribution in [0.4, 0.5) is 0 Å². The number of methoxy groups -OCH3 is 5. The van der Waals surface area contributed by atoms with Gasteiger partial charge in [-0.2, -0.15) is 26.3 Å². The van der Waals surface area contributed by atoms with Gasteiger partial charge < -0.3 is 85.1 Å². The summed E-state index contributed by atoms with van der Waals surface area (Å²) >= 11 is 0. The number of hydrogen-bond acceptors (Lipinski definition) is 23. The quantitative estimate of drug-likeness (QED) is 0.0409. The molecule has 10 aromatic carbocycles. The number of likely N-dealkylation sites (N-methyl/N-ethyl adjacent to an activating group) is 2. The Morgan fingerprint density at radius 1 is 0.350 bits per heavy atom. The smallest absolute Gasteiger partial charge is 0.175 e. The molecule has 0 bridgehead atoms. The van der Waals surface area contributed by atoms with Gasteiger partial charge in [-0.15, -0.1) is 0 Å². The zero-order valence-electron chi connectivity index (χ0n) is 84.2. The van der Waals surface area contributed by atoms with Crippen LogP contribution in [-0.4, -0.2) is 248 Å². The van der Waals surface area contributed by atoms with Gasteiger partial charge in [-0.1, -0.05) is 12.1 Å². The van der Waals surface area contributed by atoms with Crippen LogP contribution in [0.15, 0.2) is 217 Å². The third-order valence-electron chi connectivity index (χ3n) is 26.3.